The minimum Gasteiger partial charge on any atom is -0.480 e. The number of ether oxygens (including phenoxy) is 1. The third-order valence-electron chi connectivity index (χ3n) is 3.03. The molecule has 0 aromatic heterocycles. The standard InChI is InChI=1S/C15H13BrN2O2S/c1-4-7-20-13-6-5-11(16)8-10(13)9-12-14(19)18(3)15(21)17(12)2/h1,5-6,8-9H,7H2,2-3H3/b12-9+. The number of hydrogen-bond donors (Lipinski definition) is 0. The summed E-state index contributed by atoms with van der Waals surface area (Å²) in [7, 11) is 3.41. The van der Waals surface area contributed by atoms with Crippen LogP contribution in [0.25, 0.3) is 6.08 Å². The molecule has 0 saturated carbocycles. The smallest absolute Gasteiger partial charge is 0.276 e. The van der Waals surface area contributed by atoms with E-state index in [0.29, 0.717) is 16.6 Å². The number of thiocarbonyl (C=S) groups is 1. The van der Waals surface area contributed by atoms with Gasteiger partial charge in [-0.25, -0.2) is 0 Å². The first-order chi connectivity index (χ1) is 9.95. The molecule has 108 valence electrons. The molecule has 1 aromatic carbocycles. The van der Waals surface area contributed by atoms with Crippen LogP contribution in [0.2, 0.25) is 0 Å². The zero-order valence-electron chi connectivity index (χ0n) is 11.6. The van der Waals surface area contributed by atoms with E-state index in [1.54, 1.807) is 31.1 Å². The van der Waals surface area contributed by atoms with E-state index in [1.807, 2.05) is 12.1 Å². The lowest BCUT2D eigenvalue weighted by Crippen LogP contribution is -2.26. The van der Waals surface area contributed by atoms with Crippen molar-refractivity contribution in [2.45, 2.75) is 0 Å². The van der Waals surface area contributed by atoms with Crippen molar-refractivity contribution in [1.29, 1.82) is 0 Å². The lowest BCUT2D eigenvalue weighted by atomic mass is 10.1. The monoisotopic (exact) mass is 364 g/mol. The van der Waals surface area contributed by atoms with Crippen LogP contribution >= 0.6 is 28.1 Å². The number of rotatable bonds is 3. The maximum absolute atomic E-state index is 12.2. The van der Waals surface area contributed by atoms with Crippen molar-refractivity contribution in [1.82, 2.24) is 9.80 Å². The second-order valence-corrected chi connectivity index (χ2v) is 5.69. The minimum atomic E-state index is -0.148. The summed E-state index contributed by atoms with van der Waals surface area (Å²) in [6, 6.07) is 5.52. The molecule has 2 rings (SSSR count). The van der Waals surface area contributed by atoms with Gasteiger partial charge in [-0.3, -0.25) is 9.69 Å². The highest BCUT2D eigenvalue weighted by molar-refractivity contribution is 9.10. The summed E-state index contributed by atoms with van der Waals surface area (Å²) >= 11 is 8.59. The number of nitrogens with zero attached hydrogens (tertiary/aromatic N) is 2. The van der Waals surface area contributed by atoms with Crippen LogP contribution in [0.4, 0.5) is 0 Å². The van der Waals surface area contributed by atoms with Crippen LogP contribution < -0.4 is 4.74 Å². The van der Waals surface area contributed by atoms with Gasteiger partial charge in [-0.05, 0) is 36.5 Å². The van der Waals surface area contributed by atoms with Gasteiger partial charge in [-0.1, -0.05) is 21.9 Å². The second kappa shape index (κ2) is 6.29. The zero-order chi connectivity index (χ0) is 15.6. The molecule has 0 radical (unpaired) electrons. The van der Waals surface area contributed by atoms with Gasteiger partial charge in [0.25, 0.3) is 5.91 Å². The van der Waals surface area contributed by atoms with Crippen molar-refractivity contribution >= 4 is 45.2 Å². The van der Waals surface area contributed by atoms with Gasteiger partial charge in [-0.15, -0.1) is 6.42 Å². The molecule has 0 N–H and O–H groups in total. The van der Waals surface area contributed by atoms with Crippen LogP contribution in [0.5, 0.6) is 5.75 Å². The van der Waals surface area contributed by atoms with Gasteiger partial charge >= 0.3 is 0 Å². The van der Waals surface area contributed by atoms with Gasteiger partial charge in [0.2, 0.25) is 0 Å². The molecule has 1 amide bonds. The molecule has 0 bridgehead atoms. The van der Waals surface area contributed by atoms with Gasteiger partial charge < -0.3 is 9.64 Å². The molecule has 1 aliphatic rings. The highest BCUT2D eigenvalue weighted by Crippen LogP contribution is 2.28. The molecule has 1 saturated heterocycles. The average Bonchev–Trinajstić information content (AvgIpc) is 2.64. The predicted octanol–water partition coefficient (Wildman–Crippen LogP) is 2.49. The van der Waals surface area contributed by atoms with Gasteiger partial charge in [0.1, 0.15) is 18.1 Å². The number of amides is 1. The molecular formula is C15H13BrN2O2S. The normalized spacial score (nSPS) is 16.6. The van der Waals surface area contributed by atoms with Crippen LogP contribution in [-0.4, -0.2) is 41.5 Å². The summed E-state index contributed by atoms with van der Waals surface area (Å²) < 4.78 is 6.38. The molecule has 4 nitrogen and oxygen atoms in total. The maximum atomic E-state index is 12.2. The van der Waals surface area contributed by atoms with E-state index in [-0.39, 0.29) is 12.5 Å². The van der Waals surface area contributed by atoms with E-state index in [1.165, 1.54) is 4.90 Å². The molecule has 1 fully saturated rings. The Morgan fingerprint density at radius 2 is 2.14 bits per heavy atom. The summed E-state index contributed by atoms with van der Waals surface area (Å²) in [5.41, 5.74) is 1.25. The Kier molecular flexibility index (Phi) is 4.66. The summed E-state index contributed by atoms with van der Waals surface area (Å²) in [6.07, 6.45) is 6.96. The fraction of sp³-hybridized carbons (Fsp3) is 0.200. The quantitative estimate of drug-likeness (QED) is 0.468. The molecule has 0 aliphatic carbocycles. The maximum Gasteiger partial charge on any atom is 0.276 e. The SMILES string of the molecule is C#CCOc1ccc(Br)cc1/C=C1\C(=O)N(C)C(=S)N1C. The van der Waals surface area contributed by atoms with E-state index >= 15 is 0 Å². The molecule has 21 heavy (non-hydrogen) atoms. The first kappa shape index (κ1) is 15.5. The molecule has 0 atom stereocenters. The average molecular weight is 365 g/mol. The van der Waals surface area contributed by atoms with Crippen molar-refractivity contribution < 1.29 is 9.53 Å². The van der Waals surface area contributed by atoms with Crippen molar-refractivity contribution in [3.05, 3.63) is 33.9 Å². The third kappa shape index (κ3) is 3.09. The first-order valence-electron chi connectivity index (χ1n) is 6.09. The van der Waals surface area contributed by atoms with Gasteiger partial charge in [-0.2, -0.15) is 0 Å². The van der Waals surface area contributed by atoms with Crippen molar-refractivity contribution in [3.63, 3.8) is 0 Å². The van der Waals surface area contributed by atoms with Crippen molar-refractivity contribution in [3.8, 4) is 18.1 Å². The van der Waals surface area contributed by atoms with Crippen LogP contribution in [0, 0.1) is 12.3 Å². The molecule has 0 spiro atoms. The van der Waals surface area contributed by atoms with E-state index in [9.17, 15) is 4.79 Å². The van der Waals surface area contributed by atoms with Gasteiger partial charge in [0.15, 0.2) is 5.11 Å². The van der Waals surface area contributed by atoms with E-state index < -0.39 is 0 Å². The van der Waals surface area contributed by atoms with Crippen molar-refractivity contribution in [2.75, 3.05) is 20.7 Å². The molecule has 1 aromatic rings. The fourth-order valence-electron chi connectivity index (χ4n) is 1.92. The molecule has 1 heterocycles. The largest absolute Gasteiger partial charge is 0.480 e. The zero-order valence-corrected chi connectivity index (χ0v) is 14.0. The van der Waals surface area contributed by atoms with Crippen LogP contribution in [0.1, 0.15) is 5.56 Å². The highest BCUT2D eigenvalue weighted by Gasteiger charge is 2.32. The molecular weight excluding hydrogens is 352 g/mol. The van der Waals surface area contributed by atoms with E-state index in [2.05, 4.69) is 21.9 Å². The Balaban J connectivity index is 2.45. The van der Waals surface area contributed by atoms with E-state index in [0.717, 1.165) is 10.0 Å². The van der Waals surface area contributed by atoms with Crippen LogP contribution in [0.15, 0.2) is 28.4 Å². The third-order valence-corrected chi connectivity index (χ3v) is 4.08. The molecule has 0 unspecified atom stereocenters. The Morgan fingerprint density at radius 3 is 2.71 bits per heavy atom. The van der Waals surface area contributed by atoms with Gasteiger partial charge in [0, 0.05) is 24.1 Å². The number of likely N-dealkylation sites (N-methyl/N-ethyl adjacent to an activating group) is 2. The number of terminal acetylenes is 1. The van der Waals surface area contributed by atoms with Crippen LogP contribution in [-0.2, 0) is 4.79 Å². The Bertz CT molecular complexity index is 679. The number of halogens is 1. The molecule has 6 heteroatoms. The number of carbonyl (C=O) groups excluding carboxylic acids is 1. The Morgan fingerprint density at radius 1 is 1.43 bits per heavy atom. The second-order valence-electron chi connectivity index (χ2n) is 4.41. The number of carbonyl (C=O) groups is 1. The van der Waals surface area contributed by atoms with Crippen molar-refractivity contribution in [2.24, 2.45) is 0 Å². The summed E-state index contributed by atoms with van der Waals surface area (Å²) in [5, 5.41) is 0.465. The Labute approximate surface area is 137 Å². The summed E-state index contributed by atoms with van der Waals surface area (Å²) in [6.45, 7) is 0.167. The number of hydrogen-bond acceptors (Lipinski definition) is 3. The first-order valence-corrected chi connectivity index (χ1v) is 7.29. The lowest BCUT2D eigenvalue weighted by Gasteiger charge is -2.12. The topological polar surface area (TPSA) is 32.8 Å². The summed E-state index contributed by atoms with van der Waals surface area (Å²) in [4.78, 5) is 15.3. The molecule has 1 aliphatic heterocycles. The van der Waals surface area contributed by atoms with Gasteiger partial charge in [0.05, 0.1) is 0 Å². The lowest BCUT2D eigenvalue weighted by molar-refractivity contribution is -0.121. The predicted molar refractivity (Wildman–Crippen MR) is 89.6 cm³/mol. The van der Waals surface area contributed by atoms with Crippen LogP contribution in [0.3, 0.4) is 0 Å². The fourth-order valence-corrected chi connectivity index (χ4v) is 2.48. The summed E-state index contributed by atoms with van der Waals surface area (Å²) in [5.74, 6) is 2.89. The van der Waals surface area contributed by atoms with E-state index in [4.69, 9.17) is 23.4 Å². The minimum absolute atomic E-state index is 0.148. The highest BCUT2D eigenvalue weighted by atomic mass is 79.9. The number of benzene rings is 1. The Hall–Kier alpha value is -1.84.